The number of hydrogen-bond acceptors (Lipinski definition) is 7. The molecule has 0 radical (unpaired) electrons. The highest BCUT2D eigenvalue weighted by Crippen LogP contribution is 2.43. The van der Waals surface area contributed by atoms with Gasteiger partial charge in [0.2, 0.25) is 0 Å². The van der Waals surface area contributed by atoms with Crippen LogP contribution in [0, 0.1) is 0 Å². The molecule has 0 spiro atoms. The monoisotopic (exact) mass is 1280 g/mol. The smallest absolute Gasteiger partial charge is 0.462 e. The summed E-state index contributed by atoms with van der Waals surface area (Å²) in [6, 6.07) is 0. The number of nitrogens with zero attached hydrogens (tertiary/aromatic N) is 1. The van der Waals surface area contributed by atoms with Crippen molar-refractivity contribution in [1.29, 1.82) is 0 Å². The molecule has 2 unspecified atom stereocenters. The predicted octanol–water partition coefficient (Wildman–Crippen LogP) is 23.4. The zero-order chi connectivity index (χ0) is 66.9. The van der Waals surface area contributed by atoms with E-state index in [-0.39, 0.29) is 26.1 Å². The van der Waals surface area contributed by atoms with Gasteiger partial charge in [-0.3, -0.25) is 18.6 Å². The van der Waals surface area contributed by atoms with Gasteiger partial charge in [0.15, 0.2) is 6.10 Å². The van der Waals surface area contributed by atoms with Crippen LogP contribution in [0.25, 0.3) is 0 Å². The van der Waals surface area contributed by atoms with Gasteiger partial charge >= 0.3 is 19.8 Å². The van der Waals surface area contributed by atoms with Crippen molar-refractivity contribution in [1.82, 2.24) is 0 Å². The first kappa shape index (κ1) is 86.1. The van der Waals surface area contributed by atoms with Gasteiger partial charge in [0.05, 0.1) is 27.7 Å². The fraction of sp³-hybridized carbons (Fsp3) is 0.512. The number of rotatable bonds is 61. The highest BCUT2D eigenvalue weighted by molar-refractivity contribution is 7.47. The second-order valence-electron chi connectivity index (χ2n) is 23.4. The maximum Gasteiger partial charge on any atom is 0.472 e. The van der Waals surface area contributed by atoms with Crippen molar-refractivity contribution in [2.45, 2.75) is 225 Å². The minimum Gasteiger partial charge on any atom is -0.462 e. The lowest BCUT2D eigenvalue weighted by Gasteiger charge is -2.24. The molecule has 0 aliphatic rings. The second-order valence-corrected chi connectivity index (χ2v) is 24.9. The molecular formula is C82H127NO8P+. The Balaban J connectivity index is 4.27. The van der Waals surface area contributed by atoms with Crippen molar-refractivity contribution in [3.63, 3.8) is 0 Å². The third-order valence-corrected chi connectivity index (χ3v) is 14.7. The molecule has 0 rings (SSSR count). The third-order valence-electron chi connectivity index (χ3n) is 13.7. The Morgan fingerprint density at radius 1 is 0.337 bits per heavy atom. The summed E-state index contributed by atoms with van der Waals surface area (Å²) in [6.07, 6.45) is 113. The van der Waals surface area contributed by atoms with E-state index in [0.717, 1.165) is 180 Å². The fourth-order valence-corrected chi connectivity index (χ4v) is 9.13. The number of quaternary nitrogens is 1. The van der Waals surface area contributed by atoms with Gasteiger partial charge in [-0.1, -0.05) is 277 Å². The van der Waals surface area contributed by atoms with Gasteiger partial charge < -0.3 is 18.9 Å². The van der Waals surface area contributed by atoms with Crippen molar-refractivity contribution >= 4 is 19.8 Å². The summed E-state index contributed by atoms with van der Waals surface area (Å²) in [5.74, 6) is -0.874. The molecule has 0 aliphatic carbocycles. The van der Waals surface area contributed by atoms with E-state index < -0.39 is 32.5 Å². The molecule has 0 heterocycles. The summed E-state index contributed by atoms with van der Waals surface area (Å²) >= 11 is 0. The Kier molecular flexibility index (Phi) is 64.9. The Hall–Kier alpha value is -5.93. The SMILES string of the molecule is CC/C=C\C/C=C\C/C=C\C/C=C\C/C=C\C/C=C\C/C=C\C/C=C\C/C=C\C/C=C\C/C=C\CCCCCC(=O)OC(COC(=O)CCCCCCCC/C=C\C/C=C\C/C=C\C/C=C\C/C=C\C/C=C\C/C=C\C/C=C\CC)COP(=O)(O)OCC[N+](C)(C)C. The maximum atomic E-state index is 12.9. The Bertz CT molecular complexity index is 2400. The van der Waals surface area contributed by atoms with Gasteiger partial charge in [-0.25, -0.2) is 4.57 Å². The van der Waals surface area contributed by atoms with E-state index in [0.29, 0.717) is 23.9 Å². The molecule has 0 saturated heterocycles. The van der Waals surface area contributed by atoms with E-state index in [4.69, 9.17) is 18.5 Å². The van der Waals surface area contributed by atoms with Gasteiger partial charge in [-0.2, -0.15) is 0 Å². The van der Waals surface area contributed by atoms with E-state index in [1.807, 2.05) is 21.1 Å². The fourth-order valence-electron chi connectivity index (χ4n) is 8.39. The molecule has 0 fully saturated rings. The lowest BCUT2D eigenvalue weighted by atomic mass is 10.1. The molecule has 1 N–H and O–H groups in total. The number of unbranched alkanes of at least 4 members (excludes halogenated alkanes) is 9. The number of carbonyl (C=O) groups is 2. The van der Waals surface area contributed by atoms with Gasteiger partial charge in [0.1, 0.15) is 19.8 Å². The zero-order valence-electron chi connectivity index (χ0n) is 58.2. The minimum atomic E-state index is -4.43. The summed E-state index contributed by atoms with van der Waals surface area (Å²) in [7, 11) is 1.41. The molecule has 0 aromatic carbocycles. The van der Waals surface area contributed by atoms with Crippen LogP contribution in [0.4, 0.5) is 0 Å². The number of phosphoric acid groups is 1. The van der Waals surface area contributed by atoms with Crippen LogP contribution in [0.1, 0.15) is 219 Å². The third kappa shape index (κ3) is 73.1. The quantitative estimate of drug-likeness (QED) is 0.0211. The average Bonchev–Trinajstić information content (AvgIpc) is 2.34. The summed E-state index contributed by atoms with van der Waals surface area (Å²) in [5.41, 5.74) is 0. The summed E-state index contributed by atoms with van der Waals surface area (Å²) in [5, 5.41) is 0. The number of esters is 2. The molecular weight excluding hydrogens is 1160 g/mol. The van der Waals surface area contributed by atoms with Gasteiger partial charge in [0.25, 0.3) is 0 Å². The average molecular weight is 1290 g/mol. The first-order valence-corrected chi connectivity index (χ1v) is 36.6. The Morgan fingerprint density at radius 3 is 0.880 bits per heavy atom. The molecule has 10 heteroatoms. The van der Waals surface area contributed by atoms with Gasteiger partial charge in [-0.15, -0.1) is 0 Å². The van der Waals surface area contributed by atoms with Crippen molar-refractivity contribution in [2.24, 2.45) is 0 Å². The number of hydrogen-bond donors (Lipinski definition) is 1. The van der Waals surface area contributed by atoms with Crippen molar-refractivity contribution in [3.05, 3.63) is 231 Å². The molecule has 512 valence electrons. The first-order valence-electron chi connectivity index (χ1n) is 35.1. The highest BCUT2D eigenvalue weighted by atomic mass is 31.2. The molecule has 0 aromatic heterocycles. The topological polar surface area (TPSA) is 108 Å². The van der Waals surface area contributed by atoms with Crippen LogP contribution < -0.4 is 0 Å². The van der Waals surface area contributed by atoms with Gasteiger partial charge in [-0.05, 0) is 161 Å². The van der Waals surface area contributed by atoms with Crippen LogP contribution in [-0.4, -0.2) is 74.9 Å². The molecule has 0 amide bonds. The minimum absolute atomic E-state index is 0.00813. The largest absolute Gasteiger partial charge is 0.472 e. The number of ether oxygens (including phenoxy) is 2. The number of likely N-dealkylation sites (N-methyl/N-ethyl adjacent to an activating group) is 1. The van der Waals surface area contributed by atoms with E-state index in [9.17, 15) is 19.0 Å². The van der Waals surface area contributed by atoms with Crippen LogP contribution in [0.2, 0.25) is 0 Å². The van der Waals surface area contributed by atoms with E-state index in [1.165, 1.54) is 0 Å². The number of carbonyl (C=O) groups excluding carboxylic acids is 2. The van der Waals surface area contributed by atoms with Crippen LogP contribution in [0.15, 0.2) is 231 Å². The van der Waals surface area contributed by atoms with Crippen molar-refractivity contribution in [3.8, 4) is 0 Å². The normalized spacial score (nSPS) is 14.5. The van der Waals surface area contributed by atoms with E-state index in [2.05, 4.69) is 245 Å². The molecule has 9 nitrogen and oxygen atoms in total. The molecule has 0 saturated carbocycles. The second kappa shape index (κ2) is 69.4. The number of phosphoric ester groups is 1. The molecule has 0 aliphatic heterocycles. The molecule has 92 heavy (non-hydrogen) atoms. The molecule has 2 atom stereocenters. The summed E-state index contributed by atoms with van der Waals surface area (Å²) in [4.78, 5) is 35.9. The van der Waals surface area contributed by atoms with Crippen LogP contribution >= 0.6 is 7.82 Å². The predicted molar refractivity (Wildman–Crippen MR) is 398 cm³/mol. The molecule has 0 aromatic rings. The number of allylic oxidation sites excluding steroid dienone is 38. The van der Waals surface area contributed by atoms with Gasteiger partial charge in [0, 0.05) is 12.8 Å². The van der Waals surface area contributed by atoms with Crippen molar-refractivity contribution < 1.29 is 42.1 Å². The van der Waals surface area contributed by atoms with Crippen molar-refractivity contribution in [2.75, 3.05) is 47.5 Å². The highest BCUT2D eigenvalue weighted by Gasteiger charge is 2.27. The van der Waals surface area contributed by atoms with E-state index in [1.54, 1.807) is 0 Å². The van der Waals surface area contributed by atoms with Crippen LogP contribution in [0.5, 0.6) is 0 Å². The maximum absolute atomic E-state index is 12.9. The summed E-state index contributed by atoms with van der Waals surface area (Å²) in [6.45, 7) is 4.11. The van der Waals surface area contributed by atoms with E-state index >= 15 is 0 Å². The standard InChI is InChI=1S/C82H126NO8P/c1-6-8-10-12-14-16-18-20-22-24-26-28-30-32-34-36-38-39-40-41-42-43-45-47-49-51-53-55-57-59-61-63-65-67-69-71-73-75-82(85)91-80(79-90-92(86,87)89-77-76-83(3,4)5)78-88-81(84)74-72-70-68-66-64-62-60-58-56-54-52-50-48-46-44-37-35-33-31-29-27-25-23-21-19-17-15-13-11-9-7-2/h8-11,14-17,20-23,26-29,32-35,38-39,41-42,44-47,50-53,56-59,63,65,80H,6-7,12-13,18-19,24-25,30-31,36-37,40,43,48-49,54-55,60-62,64,66-79H2,1-5H3/p+1/b10-8-,11-9-,16-14-,17-15-,22-20-,23-21-,28-26-,29-27-,34-32-,35-33-,39-38-,42-41-,46-44-,47-45-,52-50-,53-51-,58-56-,59-57-,65-63-. The Labute approximate surface area is 562 Å². The molecule has 0 bridgehead atoms. The lowest BCUT2D eigenvalue weighted by molar-refractivity contribution is -0.870. The first-order chi connectivity index (χ1) is 45.0. The lowest BCUT2D eigenvalue weighted by Crippen LogP contribution is -2.37. The Morgan fingerprint density at radius 2 is 0.587 bits per heavy atom. The van der Waals surface area contributed by atoms with Crippen LogP contribution in [-0.2, 0) is 32.7 Å². The van der Waals surface area contributed by atoms with Crippen LogP contribution in [0.3, 0.4) is 0 Å². The summed E-state index contributed by atoms with van der Waals surface area (Å²) < 4.78 is 34.6. The zero-order valence-corrected chi connectivity index (χ0v) is 59.1.